The number of fused-ring (bicyclic) bond motifs is 1. The fourth-order valence-electron chi connectivity index (χ4n) is 5.83. The monoisotopic (exact) mass is 555 g/mol. The van der Waals surface area contributed by atoms with Crippen molar-refractivity contribution in [3.8, 4) is 16.9 Å². The maximum absolute atomic E-state index is 12.0. The summed E-state index contributed by atoms with van der Waals surface area (Å²) in [5.74, 6) is 0.633. The van der Waals surface area contributed by atoms with Gasteiger partial charge in [-0.1, -0.05) is 84.7 Å². The van der Waals surface area contributed by atoms with Crippen LogP contribution >= 0.6 is 23.2 Å². The number of nitrogens with zero attached hydrogens (tertiary/aromatic N) is 5. The third-order valence-corrected chi connectivity index (χ3v) is 8.62. The molecular weight excluding hydrogens is 529 g/mol. The quantitative estimate of drug-likeness (QED) is 0.208. The highest BCUT2D eigenvalue weighted by atomic mass is 35.5. The van der Waals surface area contributed by atoms with Crippen molar-refractivity contribution in [2.75, 3.05) is 18.0 Å². The molecule has 8 heteroatoms. The number of aldehydes is 1. The van der Waals surface area contributed by atoms with E-state index >= 15 is 0 Å². The Labute approximate surface area is 237 Å². The van der Waals surface area contributed by atoms with E-state index in [9.17, 15) is 4.79 Å². The van der Waals surface area contributed by atoms with E-state index in [0.29, 0.717) is 10.0 Å². The molecule has 6 nitrogen and oxygen atoms in total. The molecule has 0 aliphatic carbocycles. The maximum atomic E-state index is 12.0. The number of carbonyl (C=O) groups excluding carboxylic acids is 1. The highest BCUT2D eigenvalue weighted by Crippen LogP contribution is 2.43. The second kappa shape index (κ2) is 10.4. The smallest absolute Gasteiger partial charge is 0.179 e. The molecule has 1 unspecified atom stereocenters. The molecule has 0 spiro atoms. The van der Waals surface area contributed by atoms with Gasteiger partial charge in [-0.15, -0.1) is 5.10 Å². The molecule has 1 saturated heterocycles. The summed E-state index contributed by atoms with van der Waals surface area (Å²) in [5.41, 5.74) is 4.34. The Hall–Kier alpha value is -3.74. The van der Waals surface area contributed by atoms with E-state index in [-0.39, 0.29) is 11.3 Å². The van der Waals surface area contributed by atoms with Crippen LogP contribution in [0.4, 0.5) is 5.82 Å². The molecule has 3 heterocycles. The first-order chi connectivity index (χ1) is 19.0. The Balaban J connectivity index is 1.45. The zero-order valence-corrected chi connectivity index (χ0v) is 23.0. The fourth-order valence-corrected chi connectivity index (χ4v) is 6.17. The summed E-state index contributed by atoms with van der Waals surface area (Å²) in [6.45, 7) is 3.49. The topological polar surface area (TPSA) is 63.9 Å². The van der Waals surface area contributed by atoms with Crippen LogP contribution in [-0.2, 0) is 10.2 Å². The van der Waals surface area contributed by atoms with Gasteiger partial charge >= 0.3 is 0 Å². The van der Waals surface area contributed by atoms with Crippen LogP contribution in [0.2, 0.25) is 10.0 Å². The van der Waals surface area contributed by atoms with Crippen LogP contribution in [0.3, 0.4) is 0 Å². The number of aromatic nitrogens is 4. The average molecular weight is 556 g/mol. The molecule has 0 bridgehead atoms. The molecule has 3 aromatic carbocycles. The normalized spacial score (nSPS) is 15.8. The zero-order valence-electron chi connectivity index (χ0n) is 21.5. The molecule has 1 atom stereocenters. The highest BCUT2D eigenvalue weighted by molar-refractivity contribution is 6.32. The summed E-state index contributed by atoms with van der Waals surface area (Å²) in [4.78, 5) is 14.2. The van der Waals surface area contributed by atoms with Crippen LogP contribution in [0, 0.1) is 5.92 Å². The van der Waals surface area contributed by atoms with Crippen molar-refractivity contribution >= 4 is 46.2 Å². The van der Waals surface area contributed by atoms with Crippen LogP contribution in [0.1, 0.15) is 25.3 Å². The molecular formula is C31H27Cl2N5O. The second-order valence-corrected chi connectivity index (χ2v) is 10.9. The van der Waals surface area contributed by atoms with Gasteiger partial charge in [-0.2, -0.15) is 10.2 Å². The van der Waals surface area contributed by atoms with Gasteiger partial charge in [0.1, 0.15) is 11.8 Å². The first-order valence-corrected chi connectivity index (χ1v) is 13.8. The first kappa shape index (κ1) is 25.5. The van der Waals surface area contributed by atoms with E-state index < -0.39 is 0 Å². The zero-order chi connectivity index (χ0) is 27.0. The molecule has 0 amide bonds. The number of carbonyl (C=O) groups is 1. The van der Waals surface area contributed by atoms with E-state index in [4.69, 9.17) is 28.3 Å². The van der Waals surface area contributed by atoms with Gasteiger partial charge < -0.3 is 9.69 Å². The van der Waals surface area contributed by atoms with Crippen molar-refractivity contribution in [1.29, 1.82) is 0 Å². The van der Waals surface area contributed by atoms with Gasteiger partial charge in [0.25, 0.3) is 0 Å². The van der Waals surface area contributed by atoms with Gasteiger partial charge in [0.05, 0.1) is 28.0 Å². The van der Waals surface area contributed by atoms with Crippen LogP contribution in [0.5, 0.6) is 0 Å². The van der Waals surface area contributed by atoms with Gasteiger partial charge in [0.15, 0.2) is 5.82 Å². The van der Waals surface area contributed by atoms with Gasteiger partial charge in [-0.05, 0) is 42.7 Å². The molecule has 0 N–H and O–H groups in total. The number of piperidine rings is 1. The average Bonchev–Trinajstić information content (AvgIpc) is 3.37. The van der Waals surface area contributed by atoms with Crippen molar-refractivity contribution in [1.82, 2.24) is 20.0 Å². The summed E-state index contributed by atoms with van der Waals surface area (Å²) >= 11 is 12.8. The van der Waals surface area contributed by atoms with Crippen molar-refractivity contribution in [3.63, 3.8) is 0 Å². The number of benzene rings is 3. The molecule has 1 aliphatic rings. The van der Waals surface area contributed by atoms with Crippen LogP contribution in [-0.4, -0.2) is 39.4 Å². The lowest BCUT2D eigenvalue weighted by molar-refractivity contribution is -0.112. The van der Waals surface area contributed by atoms with Crippen LogP contribution < -0.4 is 4.90 Å². The lowest BCUT2D eigenvalue weighted by atomic mass is 9.65. The molecule has 0 saturated carbocycles. The van der Waals surface area contributed by atoms with Gasteiger partial charge in [0, 0.05) is 35.0 Å². The number of hydrogen-bond donors (Lipinski definition) is 0. The minimum absolute atomic E-state index is 0.0973. The second-order valence-electron chi connectivity index (χ2n) is 10.1. The van der Waals surface area contributed by atoms with E-state index in [0.717, 1.165) is 65.9 Å². The third-order valence-electron chi connectivity index (χ3n) is 8.05. The molecule has 2 aromatic heterocycles. The Morgan fingerprint density at radius 3 is 2.31 bits per heavy atom. The van der Waals surface area contributed by atoms with Crippen molar-refractivity contribution < 1.29 is 4.79 Å². The summed E-state index contributed by atoms with van der Waals surface area (Å²) in [6.07, 6.45) is 4.50. The molecule has 1 fully saturated rings. The SMILES string of the molecule is CC(C=O)C1(c2ccccc2)CCN(c2nncc3c(-c4ccc(Cl)cc4)n(-c4ccccc4Cl)nc23)CC1. The Morgan fingerprint density at radius 2 is 1.62 bits per heavy atom. The summed E-state index contributed by atoms with van der Waals surface area (Å²) in [7, 11) is 0. The van der Waals surface area contributed by atoms with Gasteiger partial charge in [0.2, 0.25) is 0 Å². The Morgan fingerprint density at radius 1 is 0.923 bits per heavy atom. The minimum Gasteiger partial charge on any atom is -0.353 e. The summed E-state index contributed by atoms with van der Waals surface area (Å²) < 4.78 is 1.87. The maximum Gasteiger partial charge on any atom is 0.179 e. The molecule has 1 aliphatic heterocycles. The Kier molecular flexibility index (Phi) is 6.83. The molecule has 0 radical (unpaired) electrons. The van der Waals surface area contributed by atoms with Gasteiger partial charge in [-0.3, -0.25) is 0 Å². The van der Waals surface area contributed by atoms with Crippen LogP contribution in [0.15, 0.2) is 85.1 Å². The number of para-hydroxylation sites is 1. The summed E-state index contributed by atoms with van der Waals surface area (Å²) in [5, 5.41) is 16.2. The Bertz CT molecular complexity index is 1630. The van der Waals surface area contributed by atoms with Crippen molar-refractivity contribution in [2.24, 2.45) is 5.92 Å². The first-order valence-electron chi connectivity index (χ1n) is 13.0. The fraction of sp³-hybridized carbons (Fsp3) is 0.226. The molecule has 39 heavy (non-hydrogen) atoms. The van der Waals surface area contributed by atoms with Crippen molar-refractivity contribution in [2.45, 2.75) is 25.2 Å². The molecule has 196 valence electrons. The lowest BCUT2D eigenvalue weighted by Gasteiger charge is -2.44. The number of anilines is 1. The highest BCUT2D eigenvalue weighted by Gasteiger charge is 2.41. The number of rotatable bonds is 6. The lowest BCUT2D eigenvalue weighted by Crippen LogP contribution is -2.47. The van der Waals surface area contributed by atoms with E-state index in [1.165, 1.54) is 5.56 Å². The largest absolute Gasteiger partial charge is 0.353 e. The summed E-state index contributed by atoms with van der Waals surface area (Å²) in [6, 6.07) is 25.7. The van der Waals surface area contributed by atoms with Gasteiger partial charge in [-0.25, -0.2) is 4.68 Å². The third kappa shape index (κ3) is 4.48. The van der Waals surface area contributed by atoms with E-state index in [2.05, 4.69) is 27.2 Å². The molecule has 5 aromatic rings. The van der Waals surface area contributed by atoms with Crippen molar-refractivity contribution in [3.05, 3.63) is 101 Å². The number of halogens is 2. The van der Waals surface area contributed by atoms with E-state index in [1.54, 1.807) is 6.20 Å². The number of hydrogen-bond acceptors (Lipinski definition) is 5. The standard InChI is InChI=1S/C31H27Cl2N5O/c1-21(20-39)31(23-7-3-2-4-8-23)15-17-37(18-16-31)30-28-25(19-34-35-30)29(22-11-13-24(32)14-12-22)38(36-28)27-10-6-5-9-26(27)33/h2-14,19-21H,15-18H2,1H3. The van der Waals surface area contributed by atoms with Crippen LogP contribution in [0.25, 0.3) is 27.8 Å². The predicted molar refractivity (Wildman–Crippen MR) is 157 cm³/mol. The molecule has 6 rings (SSSR count). The predicted octanol–water partition coefficient (Wildman–Crippen LogP) is 7.16. The minimum atomic E-state index is -0.216. The van der Waals surface area contributed by atoms with E-state index in [1.807, 2.05) is 78.3 Å².